The van der Waals surface area contributed by atoms with E-state index in [1.54, 1.807) is 26.8 Å². The van der Waals surface area contributed by atoms with Gasteiger partial charge in [0.1, 0.15) is 11.5 Å². The number of aliphatic hydroxyl groups is 2. The maximum atomic E-state index is 12.6. The number of rotatable bonds is 19. The largest absolute Gasteiger partial charge is 0.481 e. The predicted molar refractivity (Wildman–Crippen MR) is 138 cm³/mol. The second-order valence-corrected chi connectivity index (χ2v) is 10.9. The van der Waals surface area contributed by atoms with E-state index in [9.17, 15) is 24.9 Å². The molecule has 0 unspecified atom stereocenters. The number of carboxylic acids is 1. The summed E-state index contributed by atoms with van der Waals surface area (Å²) in [7, 11) is 0. The molecule has 210 valence electrons. The number of ether oxygens (including phenoxy) is 3. The number of allylic oxidation sites excluding steroid dienone is 1. The van der Waals surface area contributed by atoms with Crippen molar-refractivity contribution in [2.45, 2.75) is 128 Å². The van der Waals surface area contributed by atoms with Crippen molar-refractivity contribution >= 4 is 11.9 Å². The minimum atomic E-state index is -2.34. The van der Waals surface area contributed by atoms with Gasteiger partial charge in [-0.25, -0.2) is 4.79 Å². The van der Waals surface area contributed by atoms with Gasteiger partial charge >= 0.3 is 11.9 Å². The Balaban J connectivity index is 2.48. The third-order valence-corrected chi connectivity index (χ3v) is 6.51. The lowest BCUT2D eigenvalue weighted by Crippen LogP contribution is -2.51. The van der Waals surface area contributed by atoms with Gasteiger partial charge in [0, 0.05) is 25.9 Å². The number of hydrogen-bond donors (Lipinski definition) is 3. The SMILES string of the molecule is CCCCCCCC1(CCCCCC/C=C/[C@H](C(=O)O)[C@@](O)(CCO)C(=O)OC(C)(C)C)OCCO1. The number of aliphatic hydroxyl groups excluding tert-OH is 1. The average molecular weight is 515 g/mol. The van der Waals surface area contributed by atoms with Crippen LogP contribution in [0.2, 0.25) is 0 Å². The fraction of sp³-hybridized carbons (Fsp3) is 0.857. The molecule has 1 saturated heterocycles. The predicted octanol–water partition coefficient (Wildman–Crippen LogP) is 5.14. The molecular formula is C28H50O8. The second kappa shape index (κ2) is 16.4. The van der Waals surface area contributed by atoms with Crippen LogP contribution in [0.1, 0.15) is 111 Å². The van der Waals surface area contributed by atoms with Gasteiger partial charge in [-0.15, -0.1) is 0 Å². The third-order valence-electron chi connectivity index (χ3n) is 6.51. The van der Waals surface area contributed by atoms with Gasteiger partial charge in [0.2, 0.25) is 0 Å². The van der Waals surface area contributed by atoms with Gasteiger partial charge < -0.3 is 29.5 Å². The van der Waals surface area contributed by atoms with Gasteiger partial charge in [-0.05, 0) is 46.5 Å². The van der Waals surface area contributed by atoms with Crippen LogP contribution >= 0.6 is 0 Å². The molecule has 1 fully saturated rings. The molecule has 0 aromatic rings. The van der Waals surface area contributed by atoms with Gasteiger partial charge in [0.05, 0.1) is 13.2 Å². The van der Waals surface area contributed by atoms with Crippen LogP contribution in [0.3, 0.4) is 0 Å². The maximum Gasteiger partial charge on any atom is 0.339 e. The van der Waals surface area contributed by atoms with Crippen LogP contribution in [0.5, 0.6) is 0 Å². The minimum absolute atomic E-state index is 0.417. The summed E-state index contributed by atoms with van der Waals surface area (Å²) in [4.78, 5) is 24.4. The first kappa shape index (κ1) is 32.5. The van der Waals surface area contributed by atoms with Crippen molar-refractivity contribution in [1.82, 2.24) is 0 Å². The molecule has 0 aliphatic carbocycles. The van der Waals surface area contributed by atoms with E-state index in [1.807, 2.05) is 0 Å². The lowest BCUT2D eigenvalue weighted by molar-refractivity contribution is -0.188. The summed E-state index contributed by atoms with van der Waals surface area (Å²) in [6, 6.07) is 0. The van der Waals surface area contributed by atoms with E-state index in [2.05, 4.69) is 6.92 Å². The van der Waals surface area contributed by atoms with Crippen LogP contribution in [0.15, 0.2) is 12.2 Å². The standard InChI is InChI=1S/C28H50O8/c1-5-6-7-11-14-17-27(34-21-22-35-27)18-15-12-9-8-10-13-16-23(24(30)31)28(33,19-20-29)25(32)36-26(2,3)4/h13,16,23,29,33H,5-12,14-15,17-22H2,1-4H3,(H,30,31)/b16-13+/t23-,28+/m1/s1. The fourth-order valence-electron chi connectivity index (χ4n) is 4.52. The molecule has 36 heavy (non-hydrogen) atoms. The molecule has 0 bridgehead atoms. The third kappa shape index (κ3) is 11.7. The maximum absolute atomic E-state index is 12.6. The number of esters is 1. The summed E-state index contributed by atoms with van der Waals surface area (Å²) in [5, 5.41) is 29.9. The molecule has 3 N–H and O–H groups in total. The summed E-state index contributed by atoms with van der Waals surface area (Å²) < 4.78 is 17.2. The highest BCUT2D eigenvalue weighted by Crippen LogP contribution is 2.32. The smallest absolute Gasteiger partial charge is 0.339 e. The molecule has 0 spiro atoms. The molecule has 0 radical (unpaired) electrons. The minimum Gasteiger partial charge on any atom is -0.481 e. The van der Waals surface area contributed by atoms with Crippen LogP contribution in [-0.4, -0.2) is 64.1 Å². The van der Waals surface area contributed by atoms with Crippen molar-refractivity contribution in [1.29, 1.82) is 0 Å². The monoisotopic (exact) mass is 514 g/mol. The number of aliphatic carboxylic acids is 1. The van der Waals surface area contributed by atoms with Crippen LogP contribution in [0, 0.1) is 5.92 Å². The summed E-state index contributed by atoms with van der Waals surface area (Å²) >= 11 is 0. The van der Waals surface area contributed by atoms with E-state index in [4.69, 9.17) is 14.2 Å². The Kier molecular flexibility index (Phi) is 14.8. The molecule has 0 amide bonds. The molecule has 1 aliphatic rings. The number of unbranched alkanes of at least 4 members (excludes halogenated alkanes) is 8. The number of carbonyl (C=O) groups is 2. The van der Waals surface area contributed by atoms with E-state index >= 15 is 0 Å². The zero-order valence-electron chi connectivity index (χ0n) is 22.9. The highest BCUT2D eigenvalue weighted by molar-refractivity contribution is 5.88. The van der Waals surface area contributed by atoms with Gasteiger partial charge in [-0.3, -0.25) is 4.79 Å². The second-order valence-electron chi connectivity index (χ2n) is 10.9. The van der Waals surface area contributed by atoms with Crippen molar-refractivity contribution in [3.05, 3.63) is 12.2 Å². The van der Waals surface area contributed by atoms with Crippen LogP contribution < -0.4 is 0 Å². The zero-order chi connectivity index (χ0) is 27.1. The summed E-state index contributed by atoms with van der Waals surface area (Å²) in [5.74, 6) is -4.31. The average Bonchev–Trinajstić information content (AvgIpc) is 3.25. The Bertz CT molecular complexity index is 663. The molecule has 1 aliphatic heterocycles. The topological polar surface area (TPSA) is 123 Å². The number of carbonyl (C=O) groups excluding carboxylic acids is 1. The van der Waals surface area contributed by atoms with Crippen LogP contribution in [0.25, 0.3) is 0 Å². The van der Waals surface area contributed by atoms with Crippen LogP contribution in [0.4, 0.5) is 0 Å². The Morgan fingerprint density at radius 3 is 2.03 bits per heavy atom. The quantitative estimate of drug-likeness (QED) is 0.123. The van der Waals surface area contributed by atoms with E-state index in [1.165, 1.54) is 31.8 Å². The number of hydrogen-bond acceptors (Lipinski definition) is 7. The molecule has 0 saturated carbocycles. The lowest BCUT2D eigenvalue weighted by atomic mass is 9.83. The summed E-state index contributed by atoms with van der Waals surface area (Å²) in [6.07, 6.45) is 15.0. The van der Waals surface area contributed by atoms with E-state index in [-0.39, 0.29) is 0 Å². The Hall–Kier alpha value is -1.48. The lowest BCUT2D eigenvalue weighted by Gasteiger charge is -2.32. The van der Waals surface area contributed by atoms with Gasteiger partial charge in [-0.1, -0.05) is 57.6 Å². The van der Waals surface area contributed by atoms with E-state index in [0.717, 1.165) is 44.9 Å². The molecule has 2 atom stereocenters. The Morgan fingerprint density at radius 2 is 1.53 bits per heavy atom. The highest BCUT2D eigenvalue weighted by Gasteiger charge is 2.48. The molecule has 0 aromatic heterocycles. The summed E-state index contributed by atoms with van der Waals surface area (Å²) in [6.45, 7) is 7.91. The van der Waals surface area contributed by atoms with Gasteiger partial charge in [0.15, 0.2) is 11.4 Å². The molecule has 0 aromatic carbocycles. The molecular weight excluding hydrogens is 464 g/mol. The van der Waals surface area contributed by atoms with Gasteiger partial charge in [-0.2, -0.15) is 0 Å². The van der Waals surface area contributed by atoms with Crippen molar-refractivity contribution in [3.8, 4) is 0 Å². The van der Waals surface area contributed by atoms with E-state index < -0.39 is 47.9 Å². The number of carboxylic acid groups (broad SMARTS) is 1. The molecule has 8 nitrogen and oxygen atoms in total. The van der Waals surface area contributed by atoms with Crippen molar-refractivity contribution in [2.75, 3.05) is 19.8 Å². The Morgan fingerprint density at radius 1 is 0.972 bits per heavy atom. The molecule has 1 heterocycles. The normalized spacial score (nSPS) is 18.3. The Labute approximate surface area is 217 Å². The molecule has 8 heteroatoms. The fourth-order valence-corrected chi connectivity index (χ4v) is 4.52. The van der Waals surface area contributed by atoms with E-state index in [0.29, 0.717) is 19.6 Å². The van der Waals surface area contributed by atoms with Crippen molar-refractivity contribution < 1.29 is 39.1 Å². The summed E-state index contributed by atoms with van der Waals surface area (Å²) in [5.41, 5.74) is -3.23. The van der Waals surface area contributed by atoms with Crippen molar-refractivity contribution in [3.63, 3.8) is 0 Å². The highest BCUT2D eigenvalue weighted by atomic mass is 16.7. The first-order valence-electron chi connectivity index (χ1n) is 13.7. The zero-order valence-corrected chi connectivity index (χ0v) is 22.9. The van der Waals surface area contributed by atoms with Crippen LogP contribution in [-0.2, 0) is 23.8 Å². The van der Waals surface area contributed by atoms with Gasteiger partial charge in [0.25, 0.3) is 0 Å². The first-order valence-corrected chi connectivity index (χ1v) is 13.7. The van der Waals surface area contributed by atoms with Crippen molar-refractivity contribution in [2.24, 2.45) is 5.92 Å². The molecule has 1 rings (SSSR count). The first-order chi connectivity index (χ1) is 17.0.